The summed E-state index contributed by atoms with van der Waals surface area (Å²) >= 11 is 6.35. The Bertz CT molecular complexity index is 960. The molecule has 5 nitrogen and oxygen atoms in total. The molecule has 0 bridgehead atoms. The van der Waals surface area contributed by atoms with Crippen molar-refractivity contribution in [1.82, 2.24) is 14.7 Å². The molecule has 0 aliphatic carbocycles. The fourth-order valence-electron chi connectivity index (χ4n) is 3.34. The Balaban J connectivity index is 1.81. The van der Waals surface area contributed by atoms with Gasteiger partial charge >= 0.3 is 0 Å². The molecule has 2 aromatic carbocycles. The molecule has 0 N–H and O–H groups in total. The van der Waals surface area contributed by atoms with E-state index >= 15 is 0 Å². The molecule has 6 heteroatoms. The van der Waals surface area contributed by atoms with Crippen LogP contribution in [0.5, 0.6) is 5.75 Å². The second kappa shape index (κ2) is 7.45. The van der Waals surface area contributed by atoms with Crippen molar-refractivity contribution in [2.45, 2.75) is 12.8 Å². The number of halogens is 1. The number of amides is 1. The summed E-state index contributed by atoms with van der Waals surface area (Å²) in [5.74, 6) is 0.749. The lowest BCUT2D eigenvalue weighted by molar-refractivity contribution is 0.0784. The highest BCUT2D eigenvalue weighted by Gasteiger charge is 2.25. The van der Waals surface area contributed by atoms with Crippen molar-refractivity contribution in [3.63, 3.8) is 0 Å². The Hall–Kier alpha value is -2.79. The Labute approximate surface area is 163 Å². The van der Waals surface area contributed by atoms with Crippen LogP contribution in [0.3, 0.4) is 0 Å². The van der Waals surface area contributed by atoms with Gasteiger partial charge in [0.1, 0.15) is 11.4 Å². The van der Waals surface area contributed by atoms with E-state index < -0.39 is 0 Å². The number of methoxy groups -OCH3 is 1. The molecule has 27 heavy (non-hydrogen) atoms. The monoisotopic (exact) mass is 381 g/mol. The Morgan fingerprint density at radius 3 is 2.44 bits per heavy atom. The summed E-state index contributed by atoms with van der Waals surface area (Å²) in [5.41, 5.74) is 2.83. The number of ether oxygens (including phenoxy) is 1. The van der Waals surface area contributed by atoms with Crippen molar-refractivity contribution in [1.29, 1.82) is 0 Å². The molecule has 1 aromatic heterocycles. The number of likely N-dealkylation sites (tertiary alicyclic amines) is 1. The van der Waals surface area contributed by atoms with Crippen LogP contribution in [-0.4, -0.2) is 40.8 Å². The Morgan fingerprint density at radius 1 is 1.07 bits per heavy atom. The molecule has 1 aliphatic rings. The predicted molar refractivity (Wildman–Crippen MR) is 106 cm³/mol. The molecule has 1 saturated heterocycles. The lowest BCUT2D eigenvalue weighted by atomic mass is 10.1. The second-order valence-corrected chi connectivity index (χ2v) is 6.91. The third-order valence-electron chi connectivity index (χ3n) is 4.79. The number of aromatic nitrogens is 2. The number of carbonyl (C=O) groups excluding carboxylic acids is 1. The summed E-state index contributed by atoms with van der Waals surface area (Å²) in [6, 6.07) is 16.8. The smallest absolute Gasteiger partial charge is 0.272 e. The van der Waals surface area contributed by atoms with E-state index in [2.05, 4.69) is 0 Å². The van der Waals surface area contributed by atoms with E-state index in [9.17, 15) is 4.79 Å². The highest BCUT2D eigenvalue weighted by molar-refractivity contribution is 6.33. The molecule has 4 rings (SSSR count). The molecule has 1 fully saturated rings. The molecular weight excluding hydrogens is 362 g/mol. The van der Waals surface area contributed by atoms with Crippen molar-refractivity contribution < 1.29 is 9.53 Å². The second-order valence-electron chi connectivity index (χ2n) is 6.50. The van der Waals surface area contributed by atoms with E-state index in [-0.39, 0.29) is 5.91 Å². The molecule has 2 heterocycles. The first-order valence-corrected chi connectivity index (χ1v) is 9.34. The van der Waals surface area contributed by atoms with Gasteiger partial charge in [-0.2, -0.15) is 5.10 Å². The van der Waals surface area contributed by atoms with E-state index in [0.29, 0.717) is 16.4 Å². The molecule has 0 radical (unpaired) electrons. The van der Waals surface area contributed by atoms with E-state index in [1.165, 1.54) is 0 Å². The van der Waals surface area contributed by atoms with Gasteiger partial charge in [-0.25, -0.2) is 4.68 Å². The quantitative estimate of drug-likeness (QED) is 0.671. The van der Waals surface area contributed by atoms with Crippen LogP contribution in [-0.2, 0) is 0 Å². The van der Waals surface area contributed by atoms with Crippen LogP contribution >= 0.6 is 11.6 Å². The highest BCUT2D eigenvalue weighted by Crippen LogP contribution is 2.29. The molecule has 138 valence electrons. The average Bonchev–Trinajstić information content (AvgIpc) is 3.38. The third-order valence-corrected chi connectivity index (χ3v) is 5.12. The van der Waals surface area contributed by atoms with E-state index in [1.807, 2.05) is 59.5 Å². The van der Waals surface area contributed by atoms with Crippen LogP contribution < -0.4 is 4.74 Å². The van der Waals surface area contributed by atoms with Gasteiger partial charge in [-0.3, -0.25) is 4.79 Å². The van der Waals surface area contributed by atoms with Crippen LogP contribution in [0.25, 0.3) is 16.9 Å². The van der Waals surface area contributed by atoms with Gasteiger partial charge in [0.15, 0.2) is 0 Å². The van der Waals surface area contributed by atoms with Crippen LogP contribution in [0.4, 0.5) is 0 Å². The van der Waals surface area contributed by atoms with Gasteiger partial charge in [-0.1, -0.05) is 29.8 Å². The molecule has 0 unspecified atom stereocenters. The van der Waals surface area contributed by atoms with Crippen molar-refractivity contribution in [2.75, 3.05) is 20.2 Å². The van der Waals surface area contributed by atoms with Crippen molar-refractivity contribution in [3.8, 4) is 22.7 Å². The molecule has 0 atom stereocenters. The fraction of sp³-hybridized carbons (Fsp3) is 0.238. The largest absolute Gasteiger partial charge is 0.497 e. The zero-order chi connectivity index (χ0) is 18.8. The van der Waals surface area contributed by atoms with Gasteiger partial charge < -0.3 is 9.64 Å². The Morgan fingerprint density at radius 2 is 1.78 bits per heavy atom. The minimum Gasteiger partial charge on any atom is -0.497 e. The third kappa shape index (κ3) is 3.43. The number of nitrogens with zero attached hydrogens (tertiary/aromatic N) is 3. The summed E-state index contributed by atoms with van der Waals surface area (Å²) in [7, 11) is 1.63. The topological polar surface area (TPSA) is 47.4 Å². The maximum Gasteiger partial charge on any atom is 0.272 e. The summed E-state index contributed by atoms with van der Waals surface area (Å²) in [6.45, 7) is 1.57. The number of carbonyl (C=O) groups is 1. The predicted octanol–water partition coefficient (Wildman–Crippen LogP) is 4.44. The molecule has 0 saturated carbocycles. The van der Waals surface area contributed by atoms with Gasteiger partial charge in [0.2, 0.25) is 0 Å². The van der Waals surface area contributed by atoms with Crippen molar-refractivity contribution in [3.05, 3.63) is 65.3 Å². The van der Waals surface area contributed by atoms with Crippen LogP contribution in [0, 0.1) is 0 Å². The van der Waals surface area contributed by atoms with Gasteiger partial charge in [0, 0.05) is 18.7 Å². The fourth-order valence-corrected chi connectivity index (χ4v) is 3.57. The molecule has 0 spiro atoms. The lowest BCUT2D eigenvalue weighted by Crippen LogP contribution is -2.29. The molecule has 3 aromatic rings. The normalized spacial score (nSPS) is 13.8. The number of hydrogen-bond acceptors (Lipinski definition) is 3. The minimum atomic E-state index is -0.00544. The van der Waals surface area contributed by atoms with Crippen molar-refractivity contribution in [2.24, 2.45) is 0 Å². The minimum absolute atomic E-state index is 0.00544. The first-order chi connectivity index (χ1) is 13.2. The molecular formula is C21H20ClN3O2. The highest BCUT2D eigenvalue weighted by atomic mass is 35.5. The van der Waals surface area contributed by atoms with Crippen LogP contribution in [0.1, 0.15) is 23.3 Å². The summed E-state index contributed by atoms with van der Waals surface area (Å²) in [5, 5.41) is 5.31. The summed E-state index contributed by atoms with van der Waals surface area (Å²) < 4.78 is 6.93. The number of benzene rings is 2. The number of hydrogen-bond donors (Lipinski definition) is 0. The first kappa shape index (κ1) is 17.6. The average molecular weight is 382 g/mol. The lowest BCUT2D eigenvalue weighted by Gasteiger charge is -2.16. The summed E-state index contributed by atoms with van der Waals surface area (Å²) in [4.78, 5) is 15.0. The van der Waals surface area contributed by atoms with Crippen LogP contribution in [0.15, 0.2) is 54.6 Å². The van der Waals surface area contributed by atoms with Crippen molar-refractivity contribution >= 4 is 17.5 Å². The van der Waals surface area contributed by atoms with Gasteiger partial charge in [-0.05, 0) is 49.2 Å². The SMILES string of the molecule is COc1ccc(-n2nc(-c3ccccc3Cl)cc2C(=O)N2CCCC2)cc1. The maximum atomic E-state index is 13.1. The Kier molecular flexibility index (Phi) is 4.86. The number of rotatable bonds is 4. The standard InChI is InChI=1S/C21H20ClN3O2/c1-27-16-10-8-15(9-11-16)25-20(21(26)24-12-4-5-13-24)14-19(23-25)17-6-2-3-7-18(17)22/h2-3,6-11,14H,4-5,12-13H2,1H3. The zero-order valence-corrected chi connectivity index (χ0v) is 15.8. The van der Waals surface area contributed by atoms with E-state index in [1.54, 1.807) is 11.8 Å². The first-order valence-electron chi connectivity index (χ1n) is 8.96. The maximum absolute atomic E-state index is 13.1. The molecule has 1 amide bonds. The van der Waals surface area contributed by atoms with Gasteiger partial charge in [-0.15, -0.1) is 0 Å². The molecule has 1 aliphatic heterocycles. The van der Waals surface area contributed by atoms with Gasteiger partial charge in [0.05, 0.1) is 23.5 Å². The van der Waals surface area contributed by atoms with E-state index in [4.69, 9.17) is 21.4 Å². The zero-order valence-electron chi connectivity index (χ0n) is 15.1. The summed E-state index contributed by atoms with van der Waals surface area (Å²) in [6.07, 6.45) is 2.08. The van der Waals surface area contributed by atoms with E-state index in [0.717, 1.165) is 42.9 Å². The van der Waals surface area contributed by atoms with Crippen LogP contribution in [0.2, 0.25) is 5.02 Å². The van der Waals surface area contributed by atoms with Gasteiger partial charge in [0.25, 0.3) is 5.91 Å².